The van der Waals surface area contributed by atoms with Crippen LogP contribution in [0.25, 0.3) is 0 Å². The number of hydrogen-bond acceptors (Lipinski definition) is 4. The zero-order chi connectivity index (χ0) is 14.7. The Labute approximate surface area is 117 Å². The minimum Gasteiger partial charge on any atom is -0.478 e. The molecule has 3 rings (SSSR count). The third-order valence-corrected chi connectivity index (χ3v) is 6.43. The molecule has 6 atom stereocenters. The highest BCUT2D eigenvalue weighted by Crippen LogP contribution is 2.71. The fourth-order valence-corrected chi connectivity index (χ4v) is 5.45. The van der Waals surface area contributed by atoms with E-state index in [-0.39, 0.29) is 36.5 Å². The van der Waals surface area contributed by atoms with Gasteiger partial charge < -0.3 is 20.4 Å². The first-order valence-corrected chi connectivity index (χ1v) is 7.26. The van der Waals surface area contributed by atoms with Crippen molar-refractivity contribution in [1.29, 1.82) is 0 Å². The van der Waals surface area contributed by atoms with Crippen molar-refractivity contribution in [2.45, 2.75) is 32.3 Å². The minimum atomic E-state index is -1.01. The van der Waals surface area contributed by atoms with Crippen molar-refractivity contribution in [2.24, 2.45) is 28.6 Å². The van der Waals surface area contributed by atoms with Crippen LogP contribution in [0.1, 0.15) is 26.2 Å². The molecule has 0 amide bonds. The van der Waals surface area contributed by atoms with Crippen molar-refractivity contribution >= 4 is 5.97 Å². The number of hydrogen-bond donors (Lipinski definition) is 4. The van der Waals surface area contributed by atoms with Crippen LogP contribution >= 0.6 is 0 Å². The Balaban J connectivity index is 2.15. The zero-order valence-electron chi connectivity index (χ0n) is 11.6. The summed E-state index contributed by atoms with van der Waals surface area (Å²) < 4.78 is 0. The molecule has 0 saturated heterocycles. The molecule has 0 aromatic heterocycles. The van der Waals surface area contributed by atoms with Gasteiger partial charge in [0.25, 0.3) is 0 Å². The molecule has 20 heavy (non-hydrogen) atoms. The Morgan fingerprint density at radius 1 is 1.40 bits per heavy atom. The summed E-state index contributed by atoms with van der Waals surface area (Å²) in [7, 11) is 0. The van der Waals surface area contributed by atoms with E-state index in [0.717, 1.165) is 12.8 Å². The number of carboxylic acid groups (broad SMARTS) is 1. The standard InChI is InChI=1S/C15H22O5/c1-14(7-17)10-5-15(8(6-16)2-3-11(14)15)12(18)4-9(10)13(19)20/h4,8,10-12,16-18H,2-3,5-7H2,1H3,(H,19,20)/t8-,10-,11-,12-,14+,15+/m0/s1. The first-order valence-electron chi connectivity index (χ1n) is 7.26. The van der Waals surface area contributed by atoms with Gasteiger partial charge in [-0.25, -0.2) is 4.79 Å². The third kappa shape index (κ3) is 1.41. The van der Waals surface area contributed by atoms with Gasteiger partial charge in [-0.15, -0.1) is 0 Å². The first-order chi connectivity index (χ1) is 9.41. The molecule has 0 heterocycles. The van der Waals surface area contributed by atoms with Gasteiger partial charge in [0.1, 0.15) is 0 Å². The van der Waals surface area contributed by atoms with Gasteiger partial charge in [-0.2, -0.15) is 0 Å². The van der Waals surface area contributed by atoms with E-state index in [1.54, 1.807) is 0 Å². The van der Waals surface area contributed by atoms with Crippen LogP contribution in [0.5, 0.6) is 0 Å². The van der Waals surface area contributed by atoms with Gasteiger partial charge in [-0.1, -0.05) is 6.92 Å². The van der Waals surface area contributed by atoms with Gasteiger partial charge in [-0.3, -0.25) is 0 Å². The number of aliphatic carboxylic acids is 1. The average molecular weight is 282 g/mol. The topological polar surface area (TPSA) is 98.0 Å². The molecular formula is C15H22O5. The molecule has 0 radical (unpaired) electrons. The summed E-state index contributed by atoms with van der Waals surface area (Å²) in [5.41, 5.74) is -0.757. The number of carboxylic acids is 1. The van der Waals surface area contributed by atoms with E-state index in [1.165, 1.54) is 6.08 Å². The molecule has 2 bridgehead atoms. The van der Waals surface area contributed by atoms with E-state index in [4.69, 9.17) is 0 Å². The summed E-state index contributed by atoms with van der Waals surface area (Å²) in [6.45, 7) is 1.86. The van der Waals surface area contributed by atoms with Gasteiger partial charge in [0.05, 0.1) is 6.10 Å². The lowest BCUT2D eigenvalue weighted by Crippen LogP contribution is -2.44. The van der Waals surface area contributed by atoms with Crippen LogP contribution in [-0.2, 0) is 4.79 Å². The summed E-state index contributed by atoms with van der Waals surface area (Å²) >= 11 is 0. The highest BCUT2D eigenvalue weighted by Gasteiger charge is 2.69. The van der Waals surface area contributed by atoms with Crippen molar-refractivity contribution in [2.75, 3.05) is 13.2 Å². The van der Waals surface area contributed by atoms with Crippen molar-refractivity contribution in [3.05, 3.63) is 11.6 Å². The molecule has 3 aliphatic rings. The van der Waals surface area contributed by atoms with Crippen molar-refractivity contribution < 1.29 is 25.2 Å². The van der Waals surface area contributed by atoms with Crippen LogP contribution in [0.4, 0.5) is 0 Å². The second kappa shape index (κ2) is 4.29. The first kappa shape index (κ1) is 14.0. The predicted molar refractivity (Wildman–Crippen MR) is 70.8 cm³/mol. The van der Waals surface area contributed by atoms with Gasteiger partial charge in [0.15, 0.2) is 0 Å². The second-order valence-electron chi connectivity index (χ2n) is 6.91. The summed E-state index contributed by atoms with van der Waals surface area (Å²) in [6.07, 6.45) is 2.83. The van der Waals surface area contributed by atoms with E-state index in [9.17, 15) is 25.2 Å². The minimum absolute atomic E-state index is 0.00929. The van der Waals surface area contributed by atoms with Gasteiger partial charge in [-0.05, 0) is 43.1 Å². The number of rotatable bonds is 3. The van der Waals surface area contributed by atoms with Crippen LogP contribution in [0.2, 0.25) is 0 Å². The van der Waals surface area contributed by atoms with Gasteiger partial charge in [0.2, 0.25) is 0 Å². The molecule has 0 aliphatic heterocycles. The maximum Gasteiger partial charge on any atom is 0.331 e. The maximum absolute atomic E-state index is 11.4. The zero-order valence-corrected chi connectivity index (χ0v) is 11.6. The monoisotopic (exact) mass is 282 g/mol. The number of aliphatic hydroxyl groups is 3. The lowest BCUT2D eigenvalue weighted by molar-refractivity contribution is -0.134. The SMILES string of the molecule is C[C@@]1(CO)[C@H]2C[C@]3([C@H](CO)CC[C@@H]13)[C@@H](O)C=C2C(=O)O. The van der Waals surface area contributed by atoms with Crippen LogP contribution < -0.4 is 0 Å². The maximum atomic E-state index is 11.4. The predicted octanol–water partition coefficient (Wildman–Crippen LogP) is 0.395. The summed E-state index contributed by atoms with van der Waals surface area (Å²) in [4.78, 5) is 11.4. The molecule has 0 aromatic carbocycles. The Morgan fingerprint density at radius 2 is 2.10 bits per heavy atom. The number of fused-ring (bicyclic) bond motifs is 1. The van der Waals surface area contributed by atoms with Crippen molar-refractivity contribution in [3.8, 4) is 0 Å². The van der Waals surface area contributed by atoms with Crippen LogP contribution in [-0.4, -0.2) is 45.7 Å². The molecule has 3 aliphatic carbocycles. The fourth-order valence-electron chi connectivity index (χ4n) is 5.45. The molecule has 1 spiro atoms. The van der Waals surface area contributed by atoms with E-state index in [1.807, 2.05) is 6.92 Å². The molecule has 2 saturated carbocycles. The molecular weight excluding hydrogens is 260 g/mol. The average Bonchev–Trinajstić information content (AvgIpc) is 2.88. The summed E-state index contributed by atoms with van der Waals surface area (Å²) in [6, 6.07) is 0. The Morgan fingerprint density at radius 3 is 2.65 bits per heavy atom. The van der Waals surface area contributed by atoms with Crippen molar-refractivity contribution in [1.82, 2.24) is 0 Å². The van der Waals surface area contributed by atoms with E-state index in [2.05, 4.69) is 0 Å². The Hall–Kier alpha value is -0.910. The van der Waals surface area contributed by atoms with Crippen LogP contribution in [0, 0.1) is 28.6 Å². The quantitative estimate of drug-likeness (QED) is 0.600. The van der Waals surface area contributed by atoms with Gasteiger partial charge in [0, 0.05) is 29.6 Å². The smallest absolute Gasteiger partial charge is 0.331 e. The third-order valence-electron chi connectivity index (χ3n) is 6.43. The van der Waals surface area contributed by atoms with E-state index in [0.29, 0.717) is 6.42 Å². The van der Waals surface area contributed by atoms with Crippen LogP contribution in [0.3, 0.4) is 0 Å². The molecule has 2 fully saturated rings. The largest absolute Gasteiger partial charge is 0.478 e. The molecule has 4 N–H and O–H groups in total. The summed E-state index contributed by atoms with van der Waals surface area (Å²) in [5, 5.41) is 39.5. The lowest BCUT2D eigenvalue weighted by Gasteiger charge is -2.41. The normalized spacial score (nSPS) is 49.9. The second-order valence-corrected chi connectivity index (χ2v) is 6.91. The molecule has 0 aromatic rings. The van der Waals surface area contributed by atoms with Crippen molar-refractivity contribution in [3.63, 3.8) is 0 Å². The lowest BCUT2D eigenvalue weighted by atomic mass is 9.66. The van der Waals surface area contributed by atoms with Gasteiger partial charge >= 0.3 is 5.97 Å². The van der Waals surface area contributed by atoms with E-state index >= 15 is 0 Å². The molecule has 112 valence electrons. The number of aliphatic hydroxyl groups excluding tert-OH is 3. The molecule has 0 unspecified atom stereocenters. The molecule has 5 heteroatoms. The molecule has 5 nitrogen and oxygen atoms in total. The highest BCUT2D eigenvalue weighted by molar-refractivity contribution is 5.88. The van der Waals surface area contributed by atoms with Crippen LogP contribution in [0.15, 0.2) is 11.6 Å². The Kier molecular flexibility index (Phi) is 3.01. The van der Waals surface area contributed by atoms with E-state index < -0.39 is 22.9 Å². The fraction of sp³-hybridized carbons (Fsp3) is 0.800. The number of carbonyl (C=O) groups is 1. The summed E-state index contributed by atoms with van der Waals surface area (Å²) in [5.74, 6) is -1.20. The Bertz CT molecular complexity index is 473. The highest BCUT2D eigenvalue weighted by atomic mass is 16.4.